The molecule has 0 bridgehead atoms. The number of rotatable bonds is 2. The molecular weight excluding hydrogens is 196 g/mol. The summed E-state index contributed by atoms with van der Waals surface area (Å²) < 4.78 is 5.02. The van der Waals surface area contributed by atoms with Crippen molar-refractivity contribution in [2.75, 3.05) is 0 Å². The molecule has 0 radical (unpaired) electrons. The van der Waals surface area contributed by atoms with Crippen LogP contribution in [0.4, 0.5) is 0 Å². The predicted octanol–water partition coefficient (Wildman–Crippen LogP) is 1.65. The second kappa shape index (κ2) is 3.57. The average molecular weight is 204 g/mol. The normalized spacial score (nSPS) is 17.1. The molecule has 15 heavy (non-hydrogen) atoms. The third kappa shape index (κ3) is 1.74. The first kappa shape index (κ1) is 9.45. The quantitative estimate of drug-likeness (QED) is 0.743. The van der Waals surface area contributed by atoms with Gasteiger partial charge < -0.3 is 9.52 Å². The van der Waals surface area contributed by atoms with E-state index in [2.05, 4.69) is 0 Å². The topological polar surface area (TPSA) is 67.5 Å². The molecule has 0 saturated heterocycles. The standard InChI is InChI=1S/C11H8O4/c12-9-6-7(10(13)11(9)14)3-4-8-2-1-5-15-8/h1-5,13H,6H2/b4-3+. The number of carbonyl (C=O) groups excluding carboxylic acids is 2. The van der Waals surface area contributed by atoms with Gasteiger partial charge in [0, 0.05) is 12.0 Å². The van der Waals surface area contributed by atoms with Crippen LogP contribution in [0.1, 0.15) is 12.2 Å². The summed E-state index contributed by atoms with van der Waals surface area (Å²) in [4.78, 5) is 21.9. The average Bonchev–Trinajstić information content (AvgIpc) is 2.80. The third-order valence-electron chi connectivity index (χ3n) is 2.12. The number of aliphatic hydroxyl groups is 1. The minimum absolute atomic E-state index is 0.0398. The lowest BCUT2D eigenvalue weighted by Gasteiger charge is -1.90. The third-order valence-corrected chi connectivity index (χ3v) is 2.12. The highest BCUT2D eigenvalue weighted by Crippen LogP contribution is 2.20. The van der Waals surface area contributed by atoms with Gasteiger partial charge >= 0.3 is 0 Å². The Morgan fingerprint density at radius 2 is 2.13 bits per heavy atom. The number of allylic oxidation sites excluding steroid dienone is 3. The van der Waals surface area contributed by atoms with Gasteiger partial charge in [0.2, 0.25) is 5.78 Å². The first-order chi connectivity index (χ1) is 7.18. The van der Waals surface area contributed by atoms with E-state index in [4.69, 9.17) is 4.42 Å². The smallest absolute Gasteiger partial charge is 0.263 e. The van der Waals surface area contributed by atoms with Crippen LogP contribution in [0.25, 0.3) is 6.08 Å². The molecule has 1 N–H and O–H groups in total. The van der Waals surface area contributed by atoms with Gasteiger partial charge in [0.05, 0.1) is 6.26 Å². The van der Waals surface area contributed by atoms with Gasteiger partial charge in [0.15, 0.2) is 5.76 Å². The zero-order valence-electron chi connectivity index (χ0n) is 7.77. The zero-order chi connectivity index (χ0) is 10.8. The molecule has 2 rings (SSSR count). The van der Waals surface area contributed by atoms with Crippen LogP contribution in [0.2, 0.25) is 0 Å². The van der Waals surface area contributed by atoms with Crippen LogP contribution >= 0.6 is 0 Å². The number of Topliss-reactive ketones (excluding diaryl/α,β-unsaturated/α-hetero) is 2. The SMILES string of the molecule is O=C1CC(/C=C/c2ccco2)=C(O)C1=O. The molecule has 0 fully saturated rings. The number of hydrogen-bond donors (Lipinski definition) is 1. The van der Waals surface area contributed by atoms with Crippen LogP contribution in [-0.4, -0.2) is 16.7 Å². The summed E-state index contributed by atoms with van der Waals surface area (Å²) in [5, 5.41) is 9.28. The molecule has 1 heterocycles. The molecule has 4 nitrogen and oxygen atoms in total. The Kier molecular flexibility index (Phi) is 2.25. The fraction of sp³-hybridized carbons (Fsp3) is 0.0909. The summed E-state index contributed by atoms with van der Waals surface area (Å²) in [6.07, 6.45) is 4.58. The molecule has 0 aliphatic heterocycles. The number of aliphatic hydroxyl groups excluding tert-OH is 1. The minimum Gasteiger partial charge on any atom is -0.504 e. The van der Waals surface area contributed by atoms with E-state index in [0.717, 1.165) is 0 Å². The van der Waals surface area contributed by atoms with E-state index in [-0.39, 0.29) is 6.42 Å². The number of hydrogen-bond acceptors (Lipinski definition) is 4. The number of furan rings is 1. The van der Waals surface area contributed by atoms with E-state index < -0.39 is 17.3 Å². The van der Waals surface area contributed by atoms with Crippen LogP contribution < -0.4 is 0 Å². The maximum atomic E-state index is 11.0. The second-order valence-electron chi connectivity index (χ2n) is 3.15. The summed E-state index contributed by atoms with van der Waals surface area (Å²) in [5.74, 6) is -1.24. The number of carbonyl (C=O) groups is 2. The Morgan fingerprint density at radius 1 is 1.33 bits per heavy atom. The summed E-state index contributed by atoms with van der Waals surface area (Å²) in [6, 6.07) is 3.45. The van der Waals surface area contributed by atoms with Gasteiger partial charge in [-0.05, 0) is 18.2 Å². The van der Waals surface area contributed by atoms with Gasteiger partial charge in [-0.25, -0.2) is 0 Å². The largest absolute Gasteiger partial charge is 0.504 e. The van der Waals surface area contributed by atoms with Crippen molar-refractivity contribution in [3.63, 3.8) is 0 Å². The summed E-state index contributed by atoms with van der Waals surface area (Å²) in [5.41, 5.74) is 0.335. The molecule has 1 aliphatic rings. The Morgan fingerprint density at radius 3 is 2.67 bits per heavy atom. The minimum atomic E-state index is -0.811. The van der Waals surface area contributed by atoms with Crippen molar-refractivity contribution in [3.8, 4) is 0 Å². The van der Waals surface area contributed by atoms with Crippen molar-refractivity contribution in [2.45, 2.75) is 6.42 Å². The summed E-state index contributed by atoms with van der Waals surface area (Å²) >= 11 is 0. The predicted molar refractivity (Wildman–Crippen MR) is 52.0 cm³/mol. The molecule has 1 aromatic rings. The molecule has 76 valence electrons. The van der Waals surface area contributed by atoms with Crippen molar-refractivity contribution in [2.24, 2.45) is 0 Å². The highest BCUT2D eigenvalue weighted by Gasteiger charge is 2.29. The van der Waals surface area contributed by atoms with E-state index in [1.165, 1.54) is 12.3 Å². The van der Waals surface area contributed by atoms with Gasteiger partial charge in [-0.1, -0.05) is 6.08 Å². The molecule has 0 saturated carbocycles. The monoisotopic (exact) mass is 204 g/mol. The van der Waals surface area contributed by atoms with Crippen LogP contribution in [0, 0.1) is 0 Å². The van der Waals surface area contributed by atoms with E-state index in [0.29, 0.717) is 11.3 Å². The Bertz CT molecular complexity index is 463. The first-order valence-electron chi connectivity index (χ1n) is 4.39. The van der Waals surface area contributed by atoms with Gasteiger partial charge in [-0.3, -0.25) is 9.59 Å². The summed E-state index contributed by atoms with van der Waals surface area (Å²) in [6.45, 7) is 0. The lowest BCUT2D eigenvalue weighted by molar-refractivity contribution is -0.134. The lowest BCUT2D eigenvalue weighted by atomic mass is 10.2. The van der Waals surface area contributed by atoms with Crippen LogP contribution in [0.3, 0.4) is 0 Å². The Labute approximate surface area is 85.5 Å². The molecule has 0 atom stereocenters. The van der Waals surface area contributed by atoms with E-state index >= 15 is 0 Å². The highest BCUT2D eigenvalue weighted by atomic mass is 16.3. The second-order valence-corrected chi connectivity index (χ2v) is 3.15. The molecular formula is C11H8O4. The molecule has 0 amide bonds. The van der Waals surface area contributed by atoms with Crippen molar-refractivity contribution < 1.29 is 19.1 Å². The van der Waals surface area contributed by atoms with Crippen LogP contribution in [0.15, 0.2) is 40.2 Å². The van der Waals surface area contributed by atoms with E-state index in [9.17, 15) is 14.7 Å². The maximum Gasteiger partial charge on any atom is 0.263 e. The molecule has 0 aromatic carbocycles. The maximum absolute atomic E-state index is 11.0. The Hall–Kier alpha value is -2.10. The van der Waals surface area contributed by atoms with Gasteiger partial charge in [-0.2, -0.15) is 0 Å². The van der Waals surface area contributed by atoms with E-state index in [1.807, 2.05) is 0 Å². The summed E-state index contributed by atoms with van der Waals surface area (Å²) in [7, 11) is 0. The van der Waals surface area contributed by atoms with Crippen LogP contribution in [-0.2, 0) is 9.59 Å². The van der Waals surface area contributed by atoms with Gasteiger partial charge in [0.25, 0.3) is 5.78 Å². The van der Waals surface area contributed by atoms with Crippen molar-refractivity contribution in [3.05, 3.63) is 41.6 Å². The zero-order valence-corrected chi connectivity index (χ0v) is 7.77. The van der Waals surface area contributed by atoms with Gasteiger partial charge in [0.1, 0.15) is 5.76 Å². The molecule has 1 aliphatic carbocycles. The number of ketones is 2. The molecule has 4 heteroatoms. The first-order valence-corrected chi connectivity index (χ1v) is 4.39. The van der Waals surface area contributed by atoms with Crippen molar-refractivity contribution in [1.29, 1.82) is 0 Å². The fourth-order valence-electron chi connectivity index (χ4n) is 1.32. The van der Waals surface area contributed by atoms with Crippen molar-refractivity contribution >= 4 is 17.6 Å². The molecule has 0 unspecified atom stereocenters. The lowest BCUT2D eigenvalue weighted by Crippen LogP contribution is -2.07. The molecule has 0 spiro atoms. The van der Waals surface area contributed by atoms with Crippen molar-refractivity contribution in [1.82, 2.24) is 0 Å². The Balaban J connectivity index is 2.20. The molecule has 1 aromatic heterocycles. The fourth-order valence-corrected chi connectivity index (χ4v) is 1.32. The van der Waals surface area contributed by atoms with Crippen LogP contribution in [0.5, 0.6) is 0 Å². The highest BCUT2D eigenvalue weighted by molar-refractivity contribution is 6.46. The van der Waals surface area contributed by atoms with Gasteiger partial charge in [-0.15, -0.1) is 0 Å². The van der Waals surface area contributed by atoms with E-state index in [1.54, 1.807) is 18.2 Å².